The molecule has 0 aliphatic rings. The number of esters is 1. The summed E-state index contributed by atoms with van der Waals surface area (Å²) in [6, 6.07) is 6.45. The van der Waals surface area contributed by atoms with Gasteiger partial charge in [0.2, 0.25) is 5.91 Å². The maximum Gasteiger partial charge on any atom is 0.339 e. The summed E-state index contributed by atoms with van der Waals surface area (Å²) < 4.78 is 5.16. The van der Waals surface area contributed by atoms with Crippen molar-refractivity contribution in [3.8, 4) is 6.07 Å². The number of carbonyl (C=O) groups is 2. The summed E-state index contributed by atoms with van der Waals surface area (Å²) in [4.78, 5) is 22.6. The maximum absolute atomic E-state index is 11.4. The van der Waals surface area contributed by atoms with E-state index in [1.165, 1.54) is 13.2 Å². The van der Waals surface area contributed by atoms with Gasteiger partial charge in [0.05, 0.1) is 18.7 Å². The SMILES string of the molecule is COC(=O)c1cc(NC(=O)CC#N)ccc1Br. The zero-order chi connectivity index (χ0) is 12.8. The number of hydrogen-bond donors (Lipinski definition) is 1. The molecule has 1 aromatic rings. The van der Waals surface area contributed by atoms with Crippen molar-refractivity contribution in [2.45, 2.75) is 6.42 Å². The molecule has 0 saturated carbocycles. The van der Waals surface area contributed by atoms with Crippen LogP contribution in [0.1, 0.15) is 16.8 Å². The lowest BCUT2D eigenvalue weighted by molar-refractivity contribution is -0.115. The molecule has 0 aromatic heterocycles. The normalized spacial score (nSPS) is 9.24. The first-order valence-corrected chi connectivity index (χ1v) is 5.42. The van der Waals surface area contributed by atoms with Gasteiger partial charge < -0.3 is 10.1 Å². The van der Waals surface area contributed by atoms with E-state index in [4.69, 9.17) is 5.26 Å². The Labute approximate surface area is 107 Å². The molecule has 0 aliphatic carbocycles. The molecular weight excluding hydrogens is 288 g/mol. The first kappa shape index (κ1) is 13.2. The van der Waals surface area contributed by atoms with Crippen molar-refractivity contribution in [2.75, 3.05) is 12.4 Å². The number of amides is 1. The van der Waals surface area contributed by atoms with Gasteiger partial charge in [-0.1, -0.05) is 0 Å². The van der Waals surface area contributed by atoms with E-state index < -0.39 is 11.9 Å². The van der Waals surface area contributed by atoms with E-state index in [2.05, 4.69) is 26.0 Å². The van der Waals surface area contributed by atoms with Crippen LogP contribution < -0.4 is 5.32 Å². The third-order valence-corrected chi connectivity index (χ3v) is 2.59. The highest BCUT2D eigenvalue weighted by atomic mass is 79.9. The predicted octanol–water partition coefficient (Wildman–Crippen LogP) is 2.09. The van der Waals surface area contributed by atoms with Gasteiger partial charge in [0.25, 0.3) is 0 Å². The van der Waals surface area contributed by atoms with Crippen LogP contribution in [0.3, 0.4) is 0 Å². The van der Waals surface area contributed by atoms with Crippen molar-refractivity contribution in [3.63, 3.8) is 0 Å². The molecule has 1 amide bonds. The van der Waals surface area contributed by atoms with Crippen molar-refractivity contribution < 1.29 is 14.3 Å². The molecule has 1 N–H and O–H groups in total. The third kappa shape index (κ3) is 3.57. The van der Waals surface area contributed by atoms with Crippen LogP contribution in [0.2, 0.25) is 0 Å². The van der Waals surface area contributed by atoms with Gasteiger partial charge in [-0.3, -0.25) is 4.79 Å². The zero-order valence-corrected chi connectivity index (χ0v) is 10.6. The van der Waals surface area contributed by atoms with E-state index in [-0.39, 0.29) is 6.42 Å². The highest BCUT2D eigenvalue weighted by Gasteiger charge is 2.11. The van der Waals surface area contributed by atoms with Gasteiger partial charge in [-0.25, -0.2) is 4.79 Å². The number of rotatable bonds is 3. The van der Waals surface area contributed by atoms with Crippen LogP contribution in [0.15, 0.2) is 22.7 Å². The Morgan fingerprint density at radius 3 is 2.82 bits per heavy atom. The van der Waals surface area contributed by atoms with Crippen molar-refractivity contribution in [2.24, 2.45) is 0 Å². The molecule has 0 radical (unpaired) electrons. The fraction of sp³-hybridized carbons (Fsp3) is 0.182. The first-order valence-electron chi connectivity index (χ1n) is 4.63. The van der Waals surface area contributed by atoms with Crippen LogP contribution >= 0.6 is 15.9 Å². The fourth-order valence-electron chi connectivity index (χ4n) is 1.15. The standard InChI is InChI=1S/C11H9BrN2O3/c1-17-11(16)8-6-7(2-3-9(8)12)14-10(15)4-5-13/h2-3,6H,4H2,1H3,(H,14,15). The smallest absolute Gasteiger partial charge is 0.339 e. The number of benzene rings is 1. The number of carbonyl (C=O) groups excluding carboxylic acids is 2. The van der Waals surface area contributed by atoms with E-state index in [0.29, 0.717) is 15.7 Å². The minimum absolute atomic E-state index is 0.233. The van der Waals surface area contributed by atoms with Gasteiger partial charge in [0, 0.05) is 10.2 Å². The fourth-order valence-corrected chi connectivity index (χ4v) is 1.55. The monoisotopic (exact) mass is 296 g/mol. The first-order chi connectivity index (χ1) is 8.08. The lowest BCUT2D eigenvalue weighted by Crippen LogP contribution is -2.11. The van der Waals surface area contributed by atoms with Crippen LogP contribution in [-0.4, -0.2) is 19.0 Å². The number of nitriles is 1. The maximum atomic E-state index is 11.4. The molecule has 0 atom stereocenters. The van der Waals surface area contributed by atoms with E-state index >= 15 is 0 Å². The van der Waals surface area contributed by atoms with E-state index in [1.807, 2.05) is 0 Å². The van der Waals surface area contributed by atoms with Crippen LogP contribution in [-0.2, 0) is 9.53 Å². The summed E-state index contributed by atoms with van der Waals surface area (Å²) in [5, 5.41) is 10.8. The van der Waals surface area contributed by atoms with E-state index in [9.17, 15) is 9.59 Å². The summed E-state index contributed by atoms with van der Waals surface area (Å²) in [6.45, 7) is 0. The minimum atomic E-state index is -0.506. The Hall–Kier alpha value is -1.87. The van der Waals surface area contributed by atoms with Gasteiger partial charge >= 0.3 is 5.97 Å². The Morgan fingerprint density at radius 2 is 2.24 bits per heavy atom. The summed E-state index contributed by atoms with van der Waals surface area (Å²) >= 11 is 3.20. The molecule has 0 saturated heterocycles. The molecule has 17 heavy (non-hydrogen) atoms. The number of nitrogens with zero attached hydrogens (tertiary/aromatic N) is 1. The lowest BCUT2D eigenvalue weighted by atomic mass is 10.2. The second-order valence-corrected chi connectivity index (χ2v) is 3.92. The average molecular weight is 297 g/mol. The third-order valence-electron chi connectivity index (χ3n) is 1.90. The van der Waals surface area contributed by atoms with Crippen molar-refractivity contribution in [1.29, 1.82) is 5.26 Å². The molecule has 0 heterocycles. The predicted molar refractivity (Wildman–Crippen MR) is 64.3 cm³/mol. The quantitative estimate of drug-likeness (QED) is 0.866. The molecule has 1 rings (SSSR count). The lowest BCUT2D eigenvalue weighted by Gasteiger charge is -2.06. The Morgan fingerprint density at radius 1 is 1.53 bits per heavy atom. The number of methoxy groups -OCH3 is 1. The summed E-state index contributed by atoms with van der Waals surface area (Å²) in [5.41, 5.74) is 0.746. The largest absolute Gasteiger partial charge is 0.465 e. The molecule has 0 aliphatic heterocycles. The molecule has 0 fully saturated rings. The molecular formula is C11H9BrN2O3. The Balaban J connectivity index is 2.93. The number of nitrogens with one attached hydrogen (secondary N) is 1. The van der Waals surface area contributed by atoms with Crippen molar-refractivity contribution >= 4 is 33.5 Å². The second kappa shape index (κ2) is 6.01. The molecule has 0 spiro atoms. The molecule has 5 nitrogen and oxygen atoms in total. The van der Waals surface area contributed by atoms with Gasteiger partial charge in [0.1, 0.15) is 6.42 Å². The number of hydrogen-bond acceptors (Lipinski definition) is 4. The van der Waals surface area contributed by atoms with Crippen LogP contribution in [0, 0.1) is 11.3 Å². The summed E-state index contributed by atoms with van der Waals surface area (Å²) in [5.74, 6) is -0.932. The number of ether oxygens (including phenoxy) is 1. The van der Waals surface area contributed by atoms with Gasteiger partial charge in [-0.2, -0.15) is 5.26 Å². The van der Waals surface area contributed by atoms with Gasteiger partial charge in [0.15, 0.2) is 0 Å². The minimum Gasteiger partial charge on any atom is -0.465 e. The number of anilines is 1. The Kier molecular flexibility index (Phi) is 4.67. The summed E-state index contributed by atoms with van der Waals surface area (Å²) in [6.07, 6.45) is -0.233. The zero-order valence-electron chi connectivity index (χ0n) is 8.99. The highest BCUT2D eigenvalue weighted by molar-refractivity contribution is 9.10. The van der Waals surface area contributed by atoms with Crippen LogP contribution in [0.4, 0.5) is 5.69 Å². The molecule has 6 heteroatoms. The molecule has 0 bridgehead atoms. The highest BCUT2D eigenvalue weighted by Crippen LogP contribution is 2.21. The molecule has 88 valence electrons. The Bertz CT molecular complexity index is 494. The van der Waals surface area contributed by atoms with Crippen molar-refractivity contribution in [1.82, 2.24) is 0 Å². The average Bonchev–Trinajstić information content (AvgIpc) is 2.31. The number of halogens is 1. The van der Waals surface area contributed by atoms with Crippen molar-refractivity contribution in [3.05, 3.63) is 28.2 Å². The topological polar surface area (TPSA) is 79.2 Å². The van der Waals surface area contributed by atoms with Crippen LogP contribution in [0.25, 0.3) is 0 Å². The summed E-state index contributed by atoms with van der Waals surface area (Å²) in [7, 11) is 1.27. The second-order valence-electron chi connectivity index (χ2n) is 3.07. The van der Waals surface area contributed by atoms with E-state index in [0.717, 1.165) is 0 Å². The van der Waals surface area contributed by atoms with Gasteiger partial charge in [-0.15, -0.1) is 0 Å². The van der Waals surface area contributed by atoms with Crippen LogP contribution in [0.5, 0.6) is 0 Å². The molecule has 0 unspecified atom stereocenters. The van der Waals surface area contributed by atoms with E-state index in [1.54, 1.807) is 18.2 Å². The van der Waals surface area contributed by atoms with Gasteiger partial charge in [-0.05, 0) is 34.1 Å². The molecule has 1 aromatic carbocycles.